The van der Waals surface area contributed by atoms with Crippen LogP contribution in [0.25, 0.3) is 0 Å². The van der Waals surface area contributed by atoms with Crippen molar-refractivity contribution in [3.05, 3.63) is 34.9 Å². The van der Waals surface area contributed by atoms with Crippen molar-refractivity contribution in [2.24, 2.45) is 5.73 Å². The summed E-state index contributed by atoms with van der Waals surface area (Å²) in [6.07, 6.45) is 1.10. The van der Waals surface area contributed by atoms with Gasteiger partial charge in [-0.05, 0) is 50.9 Å². The number of amides is 4. The van der Waals surface area contributed by atoms with Crippen LogP contribution in [0.5, 0.6) is 0 Å². The van der Waals surface area contributed by atoms with Crippen molar-refractivity contribution in [1.82, 2.24) is 15.5 Å². The van der Waals surface area contributed by atoms with Crippen molar-refractivity contribution in [1.29, 1.82) is 0 Å². The first-order valence-electron chi connectivity index (χ1n) is 9.02. The first kappa shape index (κ1) is 21.8. The lowest BCUT2D eigenvalue weighted by Crippen LogP contribution is -2.52. The highest BCUT2D eigenvalue weighted by atomic mass is 35.5. The van der Waals surface area contributed by atoms with Crippen LogP contribution in [0.15, 0.2) is 18.2 Å². The van der Waals surface area contributed by atoms with Gasteiger partial charge in [0.1, 0.15) is 6.04 Å². The third kappa shape index (κ3) is 4.18. The molecule has 8 nitrogen and oxygen atoms in total. The number of carbonyl (C=O) groups excluding carboxylic acids is 4. The second kappa shape index (κ2) is 8.28. The fourth-order valence-corrected chi connectivity index (χ4v) is 3.60. The molecule has 9 heteroatoms. The third-order valence-corrected chi connectivity index (χ3v) is 5.05. The van der Waals surface area contributed by atoms with E-state index in [-0.39, 0.29) is 49.5 Å². The van der Waals surface area contributed by atoms with E-state index in [1.807, 2.05) is 13.8 Å². The molecule has 0 radical (unpaired) electrons. The molecule has 0 aromatic heterocycles. The number of benzene rings is 1. The van der Waals surface area contributed by atoms with Crippen molar-refractivity contribution >= 4 is 36.0 Å². The quantitative estimate of drug-likeness (QED) is 0.620. The van der Waals surface area contributed by atoms with E-state index in [2.05, 4.69) is 10.6 Å². The monoisotopic (exact) mass is 408 g/mol. The van der Waals surface area contributed by atoms with E-state index in [0.717, 1.165) is 0 Å². The molecule has 1 saturated heterocycles. The molecule has 1 fully saturated rings. The summed E-state index contributed by atoms with van der Waals surface area (Å²) in [5.41, 5.74) is 6.57. The molecule has 1 atom stereocenters. The minimum atomic E-state index is -0.702. The molecular formula is C19H25ClN4O4. The number of halogens is 1. The highest BCUT2D eigenvalue weighted by Crippen LogP contribution is 2.30. The molecular weight excluding hydrogens is 384 g/mol. The Bertz CT molecular complexity index is 824. The first-order valence-corrected chi connectivity index (χ1v) is 9.02. The number of rotatable bonds is 5. The van der Waals surface area contributed by atoms with Gasteiger partial charge in [0.2, 0.25) is 11.8 Å². The molecule has 1 aromatic carbocycles. The molecule has 4 N–H and O–H groups in total. The van der Waals surface area contributed by atoms with Crippen LogP contribution in [0.1, 0.15) is 59.4 Å². The van der Waals surface area contributed by atoms with Crippen LogP contribution in [0.3, 0.4) is 0 Å². The Morgan fingerprint density at radius 3 is 2.68 bits per heavy atom. The topological polar surface area (TPSA) is 122 Å². The molecule has 2 aliphatic rings. The van der Waals surface area contributed by atoms with Crippen LogP contribution in [0.2, 0.25) is 0 Å². The van der Waals surface area contributed by atoms with E-state index < -0.39 is 17.5 Å². The number of hydrogen-bond acceptors (Lipinski definition) is 5. The van der Waals surface area contributed by atoms with Gasteiger partial charge in [-0.1, -0.05) is 6.07 Å². The van der Waals surface area contributed by atoms with Gasteiger partial charge in [-0.3, -0.25) is 24.5 Å². The van der Waals surface area contributed by atoms with Gasteiger partial charge in [0, 0.05) is 29.6 Å². The maximum atomic E-state index is 12.8. The molecule has 0 saturated carbocycles. The highest BCUT2D eigenvalue weighted by molar-refractivity contribution is 6.07. The zero-order chi connectivity index (χ0) is 19.8. The molecule has 4 amide bonds. The van der Waals surface area contributed by atoms with Crippen LogP contribution < -0.4 is 16.4 Å². The molecule has 3 rings (SSSR count). The number of piperidine rings is 1. The maximum absolute atomic E-state index is 12.8. The van der Waals surface area contributed by atoms with Gasteiger partial charge >= 0.3 is 0 Å². The standard InChI is InChI=1S/C19H24N4O4.ClH/c1-19(2,8-9-20)22-16(25)11-4-3-5-12-13(11)10-23(18(12)27)14-6-7-15(24)21-17(14)26;/h3-5,14H,6-10,20H2,1-2H3,(H,22,25)(H,21,24,26);1H. The predicted molar refractivity (Wildman–Crippen MR) is 105 cm³/mol. The van der Waals surface area contributed by atoms with E-state index >= 15 is 0 Å². The molecule has 28 heavy (non-hydrogen) atoms. The van der Waals surface area contributed by atoms with Gasteiger partial charge < -0.3 is 16.0 Å². The number of nitrogens with one attached hydrogen (secondary N) is 2. The fraction of sp³-hybridized carbons (Fsp3) is 0.474. The normalized spacial score (nSPS) is 19.0. The van der Waals surface area contributed by atoms with Gasteiger partial charge in [0.15, 0.2) is 0 Å². The summed E-state index contributed by atoms with van der Waals surface area (Å²) in [6, 6.07) is 4.29. The zero-order valence-electron chi connectivity index (χ0n) is 15.9. The lowest BCUT2D eigenvalue weighted by atomic mass is 9.98. The van der Waals surface area contributed by atoms with Crippen LogP contribution in [0.4, 0.5) is 0 Å². The molecule has 0 aliphatic carbocycles. The summed E-state index contributed by atoms with van der Waals surface area (Å²) in [5, 5.41) is 5.23. The summed E-state index contributed by atoms with van der Waals surface area (Å²) in [5.74, 6) is -1.37. The summed E-state index contributed by atoms with van der Waals surface area (Å²) >= 11 is 0. The van der Waals surface area contributed by atoms with Gasteiger partial charge in [0.25, 0.3) is 11.8 Å². The Hall–Kier alpha value is -2.45. The van der Waals surface area contributed by atoms with Crippen LogP contribution in [-0.2, 0) is 16.1 Å². The van der Waals surface area contributed by atoms with Crippen LogP contribution >= 0.6 is 12.4 Å². The van der Waals surface area contributed by atoms with E-state index in [1.165, 1.54) is 4.90 Å². The van der Waals surface area contributed by atoms with Crippen LogP contribution in [-0.4, -0.2) is 46.7 Å². The number of hydrogen-bond donors (Lipinski definition) is 3. The molecule has 2 heterocycles. The van der Waals surface area contributed by atoms with Crippen molar-refractivity contribution in [2.45, 2.75) is 51.2 Å². The molecule has 152 valence electrons. The smallest absolute Gasteiger partial charge is 0.255 e. The van der Waals surface area contributed by atoms with Gasteiger partial charge in [-0.2, -0.15) is 0 Å². The Morgan fingerprint density at radius 2 is 2.04 bits per heavy atom. The van der Waals surface area contributed by atoms with Gasteiger partial charge in [-0.25, -0.2) is 0 Å². The third-order valence-electron chi connectivity index (χ3n) is 5.05. The van der Waals surface area contributed by atoms with E-state index in [4.69, 9.17) is 5.73 Å². The van der Waals surface area contributed by atoms with Crippen molar-refractivity contribution in [3.8, 4) is 0 Å². The number of fused-ring (bicyclic) bond motifs is 1. The van der Waals surface area contributed by atoms with E-state index in [9.17, 15) is 19.2 Å². The Balaban J connectivity index is 0.00000280. The molecule has 0 bridgehead atoms. The largest absolute Gasteiger partial charge is 0.347 e. The Kier molecular flexibility index (Phi) is 6.46. The van der Waals surface area contributed by atoms with Crippen molar-refractivity contribution < 1.29 is 19.2 Å². The van der Waals surface area contributed by atoms with Crippen molar-refractivity contribution in [2.75, 3.05) is 6.54 Å². The summed E-state index contributed by atoms with van der Waals surface area (Å²) < 4.78 is 0. The average Bonchev–Trinajstić information content (AvgIpc) is 2.91. The molecule has 2 aliphatic heterocycles. The van der Waals surface area contributed by atoms with Gasteiger partial charge in [-0.15, -0.1) is 12.4 Å². The second-order valence-corrected chi connectivity index (χ2v) is 7.61. The summed E-state index contributed by atoms with van der Waals surface area (Å²) in [4.78, 5) is 50.5. The highest BCUT2D eigenvalue weighted by Gasteiger charge is 2.40. The number of imide groups is 1. The maximum Gasteiger partial charge on any atom is 0.255 e. The zero-order valence-corrected chi connectivity index (χ0v) is 16.7. The van der Waals surface area contributed by atoms with E-state index in [1.54, 1.807) is 18.2 Å². The molecule has 1 aromatic rings. The fourth-order valence-electron chi connectivity index (χ4n) is 3.60. The van der Waals surface area contributed by atoms with Crippen LogP contribution in [0, 0.1) is 0 Å². The second-order valence-electron chi connectivity index (χ2n) is 7.61. The molecule has 1 unspecified atom stereocenters. The summed E-state index contributed by atoms with van der Waals surface area (Å²) in [6.45, 7) is 4.40. The molecule has 0 spiro atoms. The van der Waals surface area contributed by atoms with Crippen molar-refractivity contribution in [3.63, 3.8) is 0 Å². The number of nitrogens with zero attached hydrogens (tertiary/aromatic N) is 1. The van der Waals surface area contributed by atoms with E-state index in [0.29, 0.717) is 29.7 Å². The first-order chi connectivity index (χ1) is 12.7. The minimum absolute atomic E-state index is 0. The average molecular weight is 409 g/mol. The summed E-state index contributed by atoms with van der Waals surface area (Å²) in [7, 11) is 0. The lowest BCUT2D eigenvalue weighted by Gasteiger charge is -2.29. The predicted octanol–water partition coefficient (Wildman–Crippen LogP) is 0.727. The Labute approximate surface area is 169 Å². The number of carbonyl (C=O) groups is 4. The minimum Gasteiger partial charge on any atom is -0.347 e. The van der Waals surface area contributed by atoms with Gasteiger partial charge in [0.05, 0.1) is 0 Å². The lowest BCUT2D eigenvalue weighted by molar-refractivity contribution is -0.136. The SMILES string of the molecule is CC(C)(CCN)NC(=O)c1cccc2c1CN(C1CCC(=O)NC1=O)C2=O.Cl. The Morgan fingerprint density at radius 1 is 1.32 bits per heavy atom. The number of nitrogens with two attached hydrogens (primary N) is 1.